The second kappa shape index (κ2) is 7.97. The quantitative estimate of drug-likeness (QED) is 0.784. The molecule has 154 valence electrons. The number of amides is 1. The van der Waals surface area contributed by atoms with E-state index in [4.69, 9.17) is 0 Å². The van der Waals surface area contributed by atoms with Gasteiger partial charge in [0.25, 0.3) is 0 Å². The molecule has 0 aromatic carbocycles. The van der Waals surface area contributed by atoms with Gasteiger partial charge in [-0.25, -0.2) is 14.4 Å². The van der Waals surface area contributed by atoms with Gasteiger partial charge < -0.3 is 15.1 Å². The molecule has 0 aliphatic carbocycles. The molecule has 0 radical (unpaired) electrons. The van der Waals surface area contributed by atoms with Gasteiger partial charge in [0.1, 0.15) is 23.1 Å². The first-order valence-corrected chi connectivity index (χ1v) is 10.0. The number of likely N-dealkylation sites (tertiary alicyclic amines) is 1. The van der Waals surface area contributed by atoms with Crippen LogP contribution in [0.3, 0.4) is 0 Å². The third-order valence-corrected chi connectivity index (χ3v) is 6.99. The van der Waals surface area contributed by atoms with Gasteiger partial charge in [-0.1, -0.05) is 6.92 Å². The Morgan fingerprint density at radius 3 is 2.71 bits per heavy atom. The summed E-state index contributed by atoms with van der Waals surface area (Å²) in [5, 5.41) is 4.13. The molecule has 2 aromatic rings. The average molecular weight is 444 g/mol. The Kier molecular flexibility index (Phi) is 6.15. The van der Waals surface area contributed by atoms with Crippen LogP contribution in [0, 0.1) is 5.41 Å². The lowest BCUT2D eigenvalue weighted by atomic mass is 9.72. The monoisotopic (exact) mass is 443 g/mol. The number of hydrogen-bond acceptors (Lipinski definition) is 6. The van der Waals surface area contributed by atoms with Crippen molar-refractivity contribution in [3.63, 3.8) is 0 Å². The molecule has 28 heavy (non-hydrogen) atoms. The van der Waals surface area contributed by atoms with Crippen LogP contribution in [-0.2, 0) is 11.2 Å². The molecule has 0 unspecified atom stereocenters. The van der Waals surface area contributed by atoms with Crippen LogP contribution in [-0.4, -0.2) is 65.7 Å². The molecule has 0 bridgehead atoms. The SMILES string of the molecule is CCc1cc2c(N3CC4(CN(C(=O)[C@@H]5C[C@H](F)CN5)C4)C3)ncnc2s1.S.S. The Morgan fingerprint density at radius 2 is 2.07 bits per heavy atom. The summed E-state index contributed by atoms with van der Waals surface area (Å²) in [6.45, 7) is 5.84. The van der Waals surface area contributed by atoms with E-state index in [1.807, 2.05) is 4.90 Å². The Bertz CT molecular complexity index is 864. The summed E-state index contributed by atoms with van der Waals surface area (Å²) in [4.78, 5) is 27.9. The largest absolute Gasteiger partial charge is 0.354 e. The number of halogens is 1. The standard InChI is InChI=1S/C18H22FN5OS.2H2S/c1-2-12-4-13-15(21-10-22-16(13)26-12)23-6-18(7-23)8-24(9-18)17(25)14-3-11(19)5-20-14;;/h4,10-11,14,20H,2-3,5-9H2,1H3;2*1H2/t11-,14-;;/m0../s1. The number of carbonyl (C=O) groups is 1. The van der Waals surface area contributed by atoms with Crippen molar-refractivity contribution < 1.29 is 9.18 Å². The van der Waals surface area contributed by atoms with E-state index in [-0.39, 0.29) is 44.4 Å². The molecule has 3 saturated heterocycles. The van der Waals surface area contributed by atoms with Crippen molar-refractivity contribution in [1.29, 1.82) is 0 Å². The van der Waals surface area contributed by atoms with E-state index in [2.05, 4.69) is 33.2 Å². The number of hydrogen-bond donors (Lipinski definition) is 1. The zero-order chi connectivity index (χ0) is 17.9. The second-order valence-corrected chi connectivity index (χ2v) is 8.94. The molecular formula is C18H26FN5OS3. The van der Waals surface area contributed by atoms with Crippen LogP contribution >= 0.6 is 38.3 Å². The molecule has 2 aromatic heterocycles. The van der Waals surface area contributed by atoms with E-state index in [0.29, 0.717) is 13.0 Å². The fourth-order valence-electron chi connectivity index (χ4n) is 4.45. The zero-order valence-electron chi connectivity index (χ0n) is 15.7. The molecule has 1 spiro atoms. The van der Waals surface area contributed by atoms with Crippen LogP contribution in [0.5, 0.6) is 0 Å². The first-order chi connectivity index (χ1) is 12.6. The van der Waals surface area contributed by atoms with Crippen LogP contribution < -0.4 is 10.2 Å². The third kappa shape index (κ3) is 3.48. The van der Waals surface area contributed by atoms with Gasteiger partial charge >= 0.3 is 0 Å². The molecule has 6 nitrogen and oxygen atoms in total. The van der Waals surface area contributed by atoms with Crippen LogP contribution in [0.2, 0.25) is 0 Å². The molecule has 3 aliphatic rings. The predicted octanol–water partition coefficient (Wildman–Crippen LogP) is 1.83. The van der Waals surface area contributed by atoms with Crippen molar-refractivity contribution in [2.75, 3.05) is 37.6 Å². The molecule has 0 saturated carbocycles. The van der Waals surface area contributed by atoms with Crippen LogP contribution in [0.1, 0.15) is 18.2 Å². The fraction of sp³-hybridized carbons (Fsp3) is 0.611. The lowest BCUT2D eigenvalue weighted by Crippen LogP contribution is -2.74. The van der Waals surface area contributed by atoms with Crippen molar-refractivity contribution in [1.82, 2.24) is 20.2 Å². The maximum atomic E-state index is 13.3. The molecule has 1 N–H and O–H groups in total. The highest BCUT2D eigenvalue weighted by molar-refractivity contribution is 7.59. The molecule has 5 heterocycles. The fourth-order valence-corrected chi connectivity index (χ4v) is 5.38. The van der Waals surface area contributed by atoms with Gasteiger partial charge in [0.2, 0.25) is 5.91 Å². The number of alkyl halides is 1. The lowest BCUT2D eigenvalue weighted by Gasteiger charge is -2.60. The second-order valence-electron chi connectivity index (χ2n) is 7.83. The number of rotatable bonds is 3. The number of carbonyl (C=O) groups excluding carboxylic acids is 1. The van der Waals surface area contributed by atoms with E-state index in [1.165, 1.54) is 4.88 Å². The minimum atomic E-state index is -0.892. The number of nitrogens with one attached hydrogen (secondary N) is 1. The Balaban J connectivity index is 0.00000112. The molecule has 2 atom stereocenters. The normalized spacial score (nSPS) is 25.1. The zero-order valence-corrected chi connectivity index (χ0v) is 18.6. The predicted molar refractivity (Wildman–Crippen MR) is 120 cm³/mol. The molecule has 3 aliphatic heterocycles. The lowest BCUT2D eigenvalue weighted by molar-refractivity contribution is -0.147. The summed E-state index contributed by atoms with van der Waals surface area (Å²) in [5.74, 6) is 1.07. The molecule has 1 amide bonds. The Labute approximate surface area is 181 Å². The van der Waals surface area contributed by atoms with Gasteiger partial charge in [-0.05, 0) is 12.5 Å². The van der Waals surface area contributed by atoms with Crippen molar-refractivity contribution in [2.45, 2.75) is 32.0 Å². The molecular weight excluding hydrogens is 417 g/mol. The van der Waals surface area contributed by atoms with E-state index in [9.17, 15) is 9.18 Å². The topological polar surface area (TPSA) is 61.4 Å². The smallest absolute Gasteiger partial charge is 0.239 e. The average Bonchev–Trinajstić information content (AvgIpc) is 3.18. The maximum Gasteiger partial charge on any atom is 0.239 e. The van der Waals surface area contributed by atoms with E-state index < -0.39 is 6.17 Å². The summed E-state index contributed by atoms with van der Waals surface area (Å²) >= 11 is 1.73. The van der Waals surface area contributed by atoms with Gasteiger partial charge in [-0.15, -0.1) is 11.3 Å². The number of aromatic nitrogens is 2. The van der Waals surface area contributed by atoms with Gasteiger partial charge in [-0.3, -0.25) is 4.79 Å². The number of aryl methyl sites for hydroxylation is 1. The minimum Gasteiger partial charge on any atom is -0.354 e. The van der Waals surface area contributed by atoms with Crippen molar-refractivity contribution >= 4 is 60.3 Å². The third-order valence-electron chi connectivity index (χ3n) is 5.80. The van der Waals surface area contributed by atoms with Crippen molar-refractivity contribution in [2.24, 2.45) is 5.41 Å². The van der Waals surface area contributed by atoms with E-state index >= 15 is 0 Å². The number of anilines is 1. The van der Waals surface area contributed by atoms with E-state index in [1.54, 1.807) is 17.7 Å². The minimum absolute atomic E-state index is 0. The first-order valence-electron chi connectivity index (χ1n) is 9.21. The van der Waals surface area contributed by atoms with Gasteiger partial charge in [-0.2, -0.15) is 27.0 Å². The summed E-state index contributed by atoms with van der Waals surface area (Å²) < 4.78 is 13.3. The van der Waals surface area contributed by atoms with Crippen molar-refractivity contribution in [3.05, 3.63) is 17.3 Å². The maximum absolute atomic E-state index is 13.3. The van der Waals surface area contributed by atoms with Crippen LogP contribution in [0.25, 0.3) is 10.2 Å². The van der Waals surface area contributed by atoms with Crippen LogP contribution in [0.4, 0.5) is 10.2 Å². The van der Waals surface area contributed by atoms with Gasteiger partial charge in [0, 0.05) is 49.4 Å². The molecule has 5 rings (SSSR count). The first kappa shape index (κ1) is 21.6. The summed E-state index contributed by atoms with van der Waals surface area (Å²) in [6.07, 6.45) is 2.08. The summed E-state index contributed by atoms with van der Waals surface area (Å²) in [7, 11) is 0. The highest BCUT2D eigenvalue weighted by Crippen LogP contribution is 2.43. The van der Waals surface area contributed by atoms with Gasteiger partial charge in [0.05, 0.1) is 11.4 Å². The Morgan fingerprint density at radius 1 is 1.32 bits per heavy atom. The van der Waals surface area contributed by atoms with E-state index in [0.717, 1.165) is 48.6 Å². The summed E-state index contributed by atoms with van der Waals surface area (Å²) in [6, 6.07) is 1.87. The Hall–Kier alpha value is -1.10. The number of thiophene rings is 1. The summed E-state index contributed by atoms with van der Waals surface area (Å²) in [5.41, 5.74) is 0.185. The number of nitrogens with zero attached hydrogens (tertiary/aromatic N) is 4. The highest BCUT2D eigenvalue weighted by Gasteiger charge is 2.54. The highest BCUT2D eigenvalue weighted by atomic mass is 32.1. The number of fused-ring (bicyclic) bond motifs is 1. The van der Waals surface area contributed by atoms with Gasteiger partial charge in [0.15, 0.2) is 0 Å². The molecule has 3 fully saturated rings. The molecule has 10 heteroatoms. The van der Waals surface area contributed by atoms with Crippen molar-refractivity contribution in [3.8, 4) is 0 Å². The van der Waals surface area contributed by atoms with Crippen LogP contribution in [0.15, 0.2) is 12.4 Å².